The van der Waals surface area contributed by atoms with Gasteiger partial charge in [0.1, 0.15) is 0 Å². The highest BCUT2D eigenvalue weighted by atomic mass is 127. The van der Waals surface area contributed by atoms with Crippen LogP contribution in [0.2, 0.25) is 0 Å². The number of halogens is 1. The fourth-order valence-corrected chi connectivity index (χ4v) is 2.03. The van der Waals surface area contributed by atoms with Crippen molar-refractivity contribution >= 4 is 28.5 Å². The molecule has 0 spiro atoms. The van der Waals surface area contributed by atoms with Gasteiger partial charge >= 0.3 is 0 Å². The highest BCUT2D eigenvalue weighted by Crippen LogP contribution is 2.12. The molecule has 0 radical (unpaired) electrons. The summed E-state index contributed by atoms with van der Waals surface area (Å²) in [5.41, 5.74) is 1.64. The van der Waals surface area contributed by atoms with Gasteiger partial charge in [0.25, 0.3) is 5.91 Å². The maximum atomic E-state index is 12.0. The average molecular weight is 341 g/mol. The molecule has 1 unspecified atom stereocenters. The topological polar surface area (TPSA) is 57.8 Å². The summed E-state index contributed by atoms with van der Waals surface area (Å²) in [7, 11) is 0. The standard InChI is InChI=1S/C12H12IN3O/c1-8(10-6-14-15-7-10)16-12(17)9-3-2-4-11(13)5-9/h2-8H,1H3,(H,14,15)(H,16,17). The third-order valence-electron chi connectivity index (χ3n) is 2.45. The van der Waals surface area contributed by atoms with Crippen molar-refractivity contribution in [2.75, 3.05) is 0 Å². The summed E-state index contributed by atoms with van der Waals surface area (Å²) in [5, 5.41) is 9.51. The van der Waals surface area contributed by atoms with Crippen molar-refractivity contribution in [2.45, 2.75) is 13.0 Å². The Morgan fingerprint density at radius 3 is 3.00 bits per heavy atom. The number of benzene rings is 1. The van der Waals surface area contributed by atoms with Gasteiger partial charge in [0.15, 0.2) is 0 Å². The first-order valence-corrected chi connectivity index (χ1v) is 6.30. The van der Waals surface area contributed by atoms with Crippen molar-refractivity contribution < 1.29 is 4.79 Å². The molecule has 0 bridgehead atoms. The third kappa shape index (κ3) is 3.06. The largest absolute Gasteiger partial charge is 0.345 e. The van der Waals surface area contributed by atoms with E-state index in [1.807, 2.05) is 25.1 Å². The lowest BCUT2D eigenvalue weighted by Gasteiger charge is -2.12. The molecule has 1 atom stereocenters. The van der Waals surface area contributed by atoms with Gasteiger partial charge in [-0.15, -0.1) is 0 Å². The van der Waals surface area contributed by atoms with Crippen molar-refractivity contribution in [1.29, 1.82) is 0 Å². The van der Waals surface area contributed by atoms with Crippen molar-refractivity contribution in [3.63, 3.8) is 0 Å². The molecule has 1 aromatic heterocycles. The molecule has 2 N–H and O–H groups in total. The number of carbonyl (C=O) groups is 1. The molecule has 0 aliphatic rings. The van der Waals surface area contributed by atoms with Gasteiger partial charge in [-0.05, 0) is 47.7 Å². The Morgan fingerprint density at radius 2 is 2.35 bits per heavy atom. The van der Waals surface area contributed by atoms with E-state index in [1.54, 1.807) is 18.5 Å². The third-order valence-corrected chi connectivity index (χ3v) is 3.12. The monoisotopic (exact) mass is 341 g/mol. The predicted octanol–water partition coefficient (Wildman–Crippen LogP) is 2.51. The fourth-order valence-electron chi connectivity index (χ4n) is 1.49. The summed E-state index contributed by atoms with van der Waals surface area (Å²) >= 11 is 2.19. The molecule has 1 aromatic carbocycles. The van der Waals surface area contributed by atoms with Crippen LogP contribution in [0.5, 0.6) is 0 Å². The average Bonchev–Trinajstić information content (AvgIpc) is 2.82. The molecule has 2 rings (SSSR count). The quantitative estimate of drug-likeness (QED) is 0.843. The number of nitrogens with zero attached hydrogens (tertiary/aromatic N) is 1. The summed E-state index contributed by atoms with van der Waals surface area (Å²) in [6.07, 6.45) is 3.49. The lowest BCUT2D eigenvalue weighted by Crippen LogP contribution is -2.26. The molecule has 0 saturated carbocycles. The SMILES string of the molecule is CC(NC(=O)c1cccc(I)c1)c1cn[nH]c1. The van der Waals surface area contributed by atoms with Crippen LogP contribution in [0.1, 0.15) is 28.9 Å². The van der Waals surface area contributed by atoms with E-state index in [2.05, 4.69) is 38.1 Å². The molecule has 1 amide bonds. The van der Waals surface area contributed by atoms with Crippen LogP contribution in [0, 0.1) is 3.57 Å². The zero-order valence-electron chi connectivity index (χ0n) is 9.27. The number of carbonyl (C=O) groups excluding carboxylic acids is 1. The number of nitrogens with one attached hydrogen (secondary N) is 2. The van der Waals surface area contributed by atoms with E-state index in [0.717, 1.165) is 9.13 Å². The molecule has 0 aliphatic carbocycles. The van der Waals surface area contributed by atoms with E-state index in [9.17, 15) is 4.79 Å². The second kappa shape index (κ2) is 5.31. The second-order valence-corrected chi connectivity index (χ2v) is 4.98. The Hall–Kier alpha value is -1.37. The normalized spacial score (nSPS) is 12.1. The number of H-pyrrole nitrogens is 1. The Bertz CT molecular complexity index is 510. The van der Waals surface area contributed by atoms with Gasteiger partial charge in [-0.3, -0.25) is 9.89 Å². The highest BCUT2D eigenvalue weighted by Gasteiger charge is 2.11. The lowest BCUT2D eigenvalue weighted by molar-refractivity contribution is 0.0940. The van der Waals surface area contributed by atoms with Crippen LogP contribution in [0.4, 0.5) is 0 Å². The Morgan fingerprint density at radius 1 is 1.53 bits per heavy atom. The summed E-state index contributed by atoms with van der Waals surface area (Å²) in [6.45, 7) is 1.93. The Balaban J connectivity index is 2.07. The van der Waals surface area contributed by atoms with Gasteiger partial charge in [-0.2, -0.15) is 5.10 Å². The van der Waals surface area contributed by atoms with Crippen LogP contribution >= 0.6 is 22.6 Å². The van der Waals surface area contributed by atoms with Crippen molar-refractivity contribution in [1.82, 2.24) is 15.5 Å². The molecule has 17 heavy (non-hydrogen) atoms. The van der Waals surface area contributed by atoms with Crippen molar-refractivity contribution in [3.8, 4) is 0 Å². The van der Waals surface area contributed by atoms with E-state index in [0.29, 0.717) is 5.56 Å². The Labute approximate surface area is 113 Å². The summed E-state index contributed by atoms with van der Waals surface area (Å²) in [5.74, 6) is -0.0720. The minimum Gasteiger partial charge on any atom is -0.345 e. The van der Waals surface area contributed by atoms with Crippen LogP contribution in [0.15, 0.2) is 36.7 Å². The van der Waals surface area contributed by atoms with Gasteiger partial charge in [-0.25, -0.2) is 0 Å². The fraction of sp³-hybridized carbons (Fsp3) is 0.167. The Kier molecular flexibility index (Phi) is 3.78. The van der Waals surface area contributed by atoms with Crippen LogP contribution < -0.4 is 5.32 Å². The minimum atomic E-state index is -0.0720. The highest BCUT2D eigenvalue weighted by molar-refractivity contribution is 14.1. The lowest BCUT2D eigenvalue weighted by atomic mass is 10.1. The number of hydrogen-bond donors (Lipinski definition) is 2. The minimum absolute atomic E-state index is 0.0564. The van der Waals surface area contributed by atoms with Crippen LogP contribution in [-0.4, -0.2) is 16.1 Å². The van der Waals surface area contributed by atoms with E-state index < -0.39 is 0 Å². The molecule has 5 heteroatoms. The summed E-state index contributed by atoms with van der Waals surface area (Å²) in [6, 6.07) is 7.44. The maximum absolute atomic E-state index is 12.0. The van der Waals surface area contributed by atoms with E-state index in [4.69, 9.17) is 0 Å². The number of aromatic amines is 1. The van der Waals surface area contributed by atoms with Crippen LogP contribution in [-0.2, 0) is 0 Å². The summed E-state index contributed by atoms with van der Waals surface area (Å²) in [4.78, 5) is 12.0. The first kappa shape index (κ1) is 12.1. The maximum Gasteiger partial charge on any atom is 0.251 e. The van der Waals surface area contributed by atoms with Crippen LogP contribution in [0.25, 0.3) is 0 Å². The molecule has 88 valence electrons. The zero-order valence-corrected chi connectivity index (χ0v) is 11.4. The molecular formula is C12H12IN3O. The molecule has 0 saturated heterocycles. The van der Waals surface area contributed by atoms with Crippen LogP contribution in [0.3, 0.4) is 0 Å². The van der Waals surface area contributed by atoms with E-state index in [-0.39, 0.29) is 11.9 Å². The molecule has 0 aliphatic heterocycles. The van der Waals surface area contributed by atoms with Gasteiger partial charge < -0.3 is 5.32 Å². The number of amides is 1. The van der Waals surface area contributed by atoms with Gasteiger partial charge in [-0.1, -0.05) is 6.07 Å². The molecular weight excluding hydrogens is 329 g/mol. The molecule has 4 nitrogen and oxygen atoms in total. The van der Waals surface area contributed by atoms with E-state index >= 15 is 0 Å². The van der Waals surface area contributed by atoms with Gasteiger partial charge in [0.2, 0.25) is 0 Å². The second-order valence-electron chi connectivity index (χ2n) is 3.74. The van der Waals surface area contributed by atoms with Gasteiger partial charge in [0.05, 0.1) is 12.2 Å². The first-order chi connectivity index (χ1) is 8.16. The first-order valence-electron chi connectivity index (χ1n) is 5.22. The van der Waals surface area contributed by atoms with Gasteiger partial charge in [0, 0.05) is 20.9 Å². The molecule has 0 fully saturated rings. The molecule has 2 aromatic rings. The smallest absolute Gasteiger partial charge is 0.251 e. The predicted molar refractivity (Wildman–Crippen MR) is 73.6 cm³/mol. The zero-order chi connectivity index (χ0) is 12.3. The number of hydrogen-bond acceptors (Lipinski definition) is 2. The van der Waals surface area contributed by atoms with Crippen molar-refractivity contribution in [2.24, 2.45) is 0 Å². The number of aromatic nitrogens is 2. The summed E-state index contributed by atoms with van der Waals surface area (Å²) < 4.78 is 1.05. The molecule has 1 heterocycles. The van der Waals surface area contributed by atoms with Crippen molar-refractivity contribution in [3.05, 3.63) is 51.4 Å². The number of rotatable bonds is 3. The van der Waals surface area contributed by atoms with E-state index in [1.165, 1.54) is 0 Å².